The molecule has 0 saturated carbocycles. The number of aromatic nitrogens is 7. The fraction of sp³-hybridized carbons (Fsp3) is 0.143. The minimum atomic E-state index is -0.602. The second kappa shape index (κ2) is 8.90. The quantitative estimate of drug-likeness (QED) is 0.258. The van der Waals surface area contributed by atoms with E-state index in [0.29, 0.717) is 11.5 Å². The number of nitrogens with zero attached hydrogens (tertiary/aromatic N) is 8. The molecule has 0 atom stereocenters. The SMILES string of the molecule is Cc1cc(Nc2nc(C)cn3c(-c4cnn(CC(=O)Nc5ccncc5[N+](=O)[O-])c4)cnc23)sn1. The van der Waals surface area contributed by atoms with Crippen LogP contribution in [0.25, 0.3) is 16.9 Å². The summed E-state index contributed by atoms with van der Waals surface area (Å²) in [5.74, 6) is 0.143. The van der Waals surface area contributed by atoms with Gasteiger partial charge in [0.15, 0.2) is 11.5 Å². The number of carbonyl (C=O) groups excluding carboxylic acids is 1. The van der Waals surface area contributed by atoms with E-state index in [1.165, 1.54) is 28.5 Å². The molecule has 0 radical (unpaired) electrons. The maximum Gasteiger partial charge on any atom is 0.310 e. The second-order valence-electron chi connectivity index (χ2n) is 7.65. The number of pyridine rings is 1. The van der Waals surface area contributed by atoms with Crippen molar-refractivity contribution in [3.63, 3.8) is 0 Å². The Labute approximate surface area is 201 Å². The molecular formula is C21H18N10O3S. The largest absolute Gasteiger partial charge is 0.328 e. The standard InChI is InChI=1S/C21H18N10O3S/c1-12-5-19(35-28-12)27-20-21-23-8-16(30(21)9-13(2)25-20)14-6-24-29(10-14)11-18(32)26-15-3-4-22-7-17(15)31(33)34/h3-10H,11H2,1-2H3,(H,25,27)(H,22,26,32). The second-order valence-corrected chi connectivity index (χ2v) is 8.46. The summed E-state index contributed by atoms with van der Waals surface area (Å²) < 4.78 is 7.63. The van der Waals surface area contributed by atoms with Gasteiger partial charge in [0, 0.05) is 24.2 Å². The zero-order valence-corrected chi connectivity index (χ0v) is 19.4. The zero-order chi connectivity index (χ0) is 24.5. The van der Waals surface area contributed by atoms with Crippen molar-refractivity contribution in [2.45, 2.75) is 20.4 Å². The normalized spacial score (nSPS) is 11.0. The molecule has 176 valence electrons. The Morgan fingerprint density at radius 2 is 2.06 bits per heavy atom. The number of imidazole rings is 1. The lowest BCUT2D eigenvalue weighted by Crippen LogP contribution is -2.19. The molecule has 1 amide bonds. The third-order valence-corrected chi connectivity index (χ3v) is 5.78. The summed E-state index contributed by atoms with van der Waals surface area (Å²) in [6, 6.07) is 3.31. The minimum absolute atomic E-state index is 0.0725. The molecule has 0 aromatic carbocycles. The van der Waals surface area contributed by atoms with Crippen LogP contribution in [0.5, 0.6) is 0 Å². The number of hydrogen-bond donors (Lipinski definition) is 2. The molecule has 0 aliphatic carbocycles. The monoisotopic (exact) mass is 490 g/mol. The van der Waals surface area contributed by atoms with Crippen molar-refractivity contribution in [2.24, 2.45) is 0 Å². The Kier molecular flexibility index (Phi) is 5.62. The van der Waals surface area contributed by atoms with E-state index in [0.717, 1.165) is 33.8 Å². The van der Waals surface area contributed by atoms with Crippen LogP contribution < -0.4 is 10.6 Å². The van der Waals surface area contributed by atoms with Gasteiger partial charge >= 0.3 is 5.69 Å². The van der Waals surface area contributed by atoms with Gasteiger partial charge in [-0.2, -0.15) is 9.47 Å². The minimum Gasteiger partial charge on any atom is -0.328 e. The van der Waals surface area contributed by atoms with Crippen LogP contribution in [0.3, 0.4) is 0 Å². The third kappa shape index (κ3) is 4.54. The molecule has 2 N–H and O–H groups in total. The fourth-order valence-corrected chi connectivity index (χ4v) is 4.16. The van der Waals surface area contributed by atoms with Crippen LogP contribution in [0.15, 0.2) is 49.3 Å². The maximum atomic E-state index is 12.5. The average Bonchev–Trinajstić information content (AvgIpc) is 3.54. The Balaban J connectivity index is 1.37. The van der Waals surface area contributed by atoms with Gasteiger partial charge in [0.05, 0.1) is 34.4 Å². The zero-order valence-electron chi connectivity index (χ0n) is 18.5. The molecule has 0 aliphatic rings. The smallest absolute Gasteiger partial charge is 0.310 e. The first-order valence-electron chi connectivity index (χ1n) is 10.3. The van der Waals surface area contributed by atoms with E-state index in [-0.39, 0.29) is 17.9 Å². The van der Waals surface area contributed by atoms with Gasteiger partial charge < -0.3 is 10.6 Å². The van der Waals surface area contributed by atoms with Gasteiger partial charge in [0.2, 0.25) is 5.91 Å². The third-order valence-electron chi connectivity index (χ3n) is 4.99. The van der Waals surface area contributed by atoms with Crippen molar-refractivity contribution in [1.82, 2.24) is 33.5 Å². The van der Waals surface area contributed by atoms with E-state index in [1.54, 1.807) is 18.6 Å². The highest BCUT2D eigenvalue weighted by atomic mass is 32.1. The molecule has 0 bridgehead atoms. The molecule has 5 heterocycles. The molecule has 0 unspecified atom stereocenters. The Morgan fingerprint density at radius 3 is 2.83 bits per heavy atom. The summed E-state index contributed by atoms with van der Waals surface area (Å²) in [4.78, 5) is 35.8. The van der Waals surface area contributed by atoms with E-state index in [2.05, 4.69) is 35.1 Å². The van der Waals surface area contributed by atoms with Crippen LogP contribution in [0.1, 0.15) is 11.4 Å². The number of carbonyl (C=O) groups is 1. The van der Waals surface area contributed by atoms with Gasteiger partial charge in [-0.05, 0) is 37.5 Å². The highest BCUT2D eigenvalue weighted by Gasteiger charge is 2.17. The van der Waals surface area contributed by atoms with Gasteiger partial charge in [0.25, 0.3) is 0 Å². The summed E-state index contributed by atoms with van der Waals surface area (Å²) in [6.07, 6.45) is 9.37. The molecule has 13 nitrogen and oxygen atoms in total. The summed E-state index contributed by atoms with van der Waals surface area (Å²) >= 11 is 1.34. The van der Waals surface area contributed by atoms with Crippen molar-refractivity contribution in [2.75, 3.05) is 10.6 Å². The van der Waals surface area contributed by atoms with Crippen LogP contribution in [-0.4, -0.2) is 44.3 Å². The first-order chi connectivity index (χ1) is 16.9. The highest BCUT2D eigenvalue weighted by molar-refractivity contribution is 7.10. The fourth-order valence-electron chi connectivity index (χ4n) is 3.50. The molecule has 0 fully saturated rings. The van der Waals surface area contributed by atoms with E-state index >= 15 is 0 Å². The lowest BCUT2D eigenvalue weighted by atomic mass is 10.3. The lowest BCUT2D eigenvalue weighted by Gasteiger charge is -2.07. The molecule has 5 rings (SSSR count). The van der Waals surface area contributed by atoms with Gasteiger partial charge in [0.1, 0.15) is 23.4 Å². The van der Waals surface area contributed by atoms with E-state index in [1.807, 2.05) is 30.5 Å². The van der Waals surface area contributed by atoms with E-state index in [4.69, 9.17) is 0 Å². The van der Waals surface area contributed by atoms with Crippen LogP contribution in [0, 0.1) is 24.0 Å². The van der Waals surface area contributed by atoms with Crippen molar-refractivity contribution < 1.29 is 9.72 Å². The van der Waals surface area contributed by atoms with Crippen LogP contribution in [-0.2, 0) is 11.3 Å². The number of aryl methyl sites for hydroxylation is 2. The number of hydrogen-bond acceptors (Lipinski definition) is 10. The molecule has 5 aromatic rings. The number of anilines is 3. The van der Waals surface area contributed by atoms with Crippen molar-refractivity contribution in [3.05, 3.63) is 70.8 Å². The Bertz CT molecular complexity index is 1570. The van der Waals surface area contributed by atoms with Crippen molar-refractivity contribution in [3.8, 4) is 11.3 Å². The van der Waals surface area contributed by atoms with Gasteiger partial charge in [-0.3, -0.25) is 29.0 Å². The molecular weight excluding hydrogens is 472 g/mol. The lowest BCUT2D eigenvalue weighted by molar-refractivity contribution is -0.384. The first-order valence-corrected chi connectivity index (χ1v) is 11.1. The molecule has 0 aliphatic heterocycles. The number of fused-ring (bicyclic) bond motifs is 1. The van der Waals surface area contributed by atoms with Crippen molar-refractivity contribution in [1.29, 1.82) is 0 Å². The Hall–Kier alpha value is -4.72. The van der Waals surface area contributed by atoms with Crippen LogP contribution in [0.4, 0.5) is 22.2 Å². The van der Waals surface area contributed by atoms with Gasteiger partial charge in [-0.15, -0.1) is 0 Å². The topological polar surface area (TPSA) is 158 Å². The van der Waals surface area contributed by atoms with E-state index in [9.17, 15) is 14.9 Å². The molecule has 5 aromatic heterocycles. The summed E-state index contributed by atoms with van der Waals surface area (Å²) in [6.45, 7) is 3.68. The number of nitro groups is 1. The summed E-state index contributed by atoms with van der Waals surface area (Å²) in [5, 5.41) is 22.1. The Morgan fingerprint density at radius 1 is 1.20 bits per heavy atom. The van der Waals surface area contributed by atoms with Crippen LogP contribution >= 0.6 is 11.5 Å². The van der Waals surface area contributed by atoms with Crippen molar-refractivity contribution >= 4 is 45.3 Å². The van der Waals surface area contributed by atoms with Gasteiger partial charge in [-0.1, -0.05) is 0 Å². The predicted molar refractivity (Wildman–Crippen MR) is 129 cm³/mol. The molecule has 0 saturated heterocycles. The maximum absolute atomic E-state index is 12.5. The summed E-state index contributed by atoms with van der Waals surface area (Å²) in [5.41, 5.74) is 3.63. The average molecular weight is 491 g/mol. The first kappa shape index (κ1) is 22.1. The van der Waals surface area contributed by atoms with E-state index < -0.39 is 10.8 Å². The summed E-state index contributed by atoms with van der Waals surface area (Å²) in [7, 11) is 0. The molecule has 35 heavy (non-hydrogen) atoms. The molecule has 14 heteroatoms. The molecule has 0 spiro atoms. The number of rotatable bonds is 7. The number of amides is 1. The highest BCUT2D eigenvalue weighted by Crippen LogP contribution is 2.27. The van der Waals surface area contributed by atoms with Crippen LogP contribution in [0.2, 0.25) is 0 Å². The number of nitrogens with one attached hydrogen (secondary N) is 2. The predicted octanol–water partition coefficient (Wildman–Crippen LogP) is 3.35. The van der Waals surface area contributed by atoms with Gasteiger partial charge in [-0.25, -0.2) is 9.97 Å².